The first-order valence-electron chi connectivity index (χ1n) is 7.49. The van der Waals surface area contributed by atoms with Gasteiger partial charge in [0.15, 0.2) is 0 Å². The third-order valence-corrected chi connectivity index (χ3v) is 5.64. The fourth-order valence-electron chi connectivity index (χ4n) is 3.05. The molecular weight excluding hydrogens is 300 g/mol. The molecule has 1 saturated carbocycles. The lowest BCUT2D eigenvalue weighted by molar-refractivity contribution is 0.248. The monoisotopic (exact) mass is 324 g/mol. The fraction of sp³-hybridized carbons (Fsp3) is 0.688. The molecule has 19 heavy (non-hydrogen) atoms. The van der Waals surface area contributed by atoms with Crippen LogP contribution >= 0.6 is 15.9 Å². The highest BCUT2D eigenvalue weighted by atomic mass is 79.9. The molecule has 0 spiro atoms. The van der Waals surface area contributed by atoms with Gasteiger partial charge in [0.25, 0.3) is 0 Å². The highest BCUT2D eigenvalue weighted by Crippen LogP contribution is 2.34. The third-order valence-electron chi connectivity index (χ3n) is 4.64. The van der Waals surface area contributed by atoms with Crippen molar-refractivity contribution in [3.05, 3.63) is 22.4 Å². The summed E-state index contributed by atoms with van der Waals surface area (Å²) in [4.78, 5) is 4.29. The Morgan fingerprint density at radius 2 is 2.05 bits per heavy atom. The second-order valence-corrected chi connectivity index (χ2v) is 6.69. The molecule has 0 radical (unpaired) electrons. The van der Waals surface area contributed by atoms with Crippen LogP contribution in [-0.2, 0) is 0 Å². The Balaban J connectivity index is 1.90. The van der Waals surface area contributed by atoms with Gasteiger partial charge in [-0.05, 0) is 66.4 Å². The van der Waals surface area contributed by atoms with Gasteiger partial charge in [-0.2, -0.15) is 0 Å². The molecule has 1 unspecified atom stereocenters. The molecule has 1 aromatic rings. The number of nitrogens with zero attached hydrogens (tertiary/aromatic N) is 1. The Kier molecular flexibility index (Phi) is 5.26. The molecule has 0 saturated heterocycles. The van der Waals surface area contributed by atoms with Crippen LogP contribution in [0.2, 0.25) is 0 Å². The summed E-state index contributed by atoms with van der Waals surface area (Å²) in [6.45, 7) is 6.75. The molecule has 0 amide bonds. The number of halogens is 1. The quantitative estimate of drug-likeness (QED) is 0.826. The molecule has 1 aromatic heterocycles. The summed E-state index contributed by atoms with van der Waals surface area (Å²) in [5, 5.41) is 3.68. The number of anilines is 1. The van der Waals surface area contributed by atoms with Crippen molar-refractivity contribution in [2.75, 3.05) is 5.32 Å². The van der Waals surface area contributed by atoms with E-state index in [1.165, 1.54) is 37.8 Å². The van der Waals surface area contributed by atoms with E-state index in [9.17, 15) is 0 Å². The van der Waals surface area contributed by atoms with Gasteiger partial charge < -0.3 is 5.32 Å². The minimum absolute atomic E-state index is 0.624. The van der Waals surface area contributed by atoms with E-state index in [4.69, 9.17) is 0 Å². The second kappa shape index (κ2) is 6.74. The van der Waals surface area contributed by atoms with Crippen molar-refractivity contribution in [1.82, 2.24) is 4.98 Å². The van der Waals surface area contributed by atoms with Gasteiger partial charge in [-0.25, -0.2) is 0 Å². The largest absolute Gasteiger partial charge is 0.381 e. The standard InChI is InChI=1S/C16H25BrN2/c1-4-11(2)13-5-7-14(8-6-13)19-15-9-10-18-12(3)16(15)17/h9-11,13-14H,4-8H2,1-3H3,(H,18,19). The molecule has 1 aliphatic rings. The Hall–Kier alpha value is -0.570. The predicted octanol–water partition coefficient (Wildman–Crippen LogP) is 5.17. The van der Waals surface area contributed by atoms with Gasteiger partial charge in [0, 0.05) is 12.2 Å². The topological polar surface area (TPSA) is 24.9 Å². The first kappa shape index (κ1) is 14.8. The SMILES string of the molecule is CCC(C)C1CCC(Nc2ccnc(C)c2Br)CC1. The highest BCUT2D eigenvalue weighted by Gasteiger charge is 2.24. The molecule has 3 heteroatoms. The smallest absolute Gasteiger partial charge is 0.0619 e. The number of rotatable bonds is 4. The van der Waals surface area contributed by atoms with Crippen molar-refractivity contribution < 1.29 is 0 Å². The second-order valence-electron chi connectivity index (χ2n) is 5.90. The number of pyridine rings is 1. The zero-order valence-corrected chi connectivity index (χ0v) is 13.8. The van der Waals surface area contributed by atoms with Crippen molar-refractivity contribution in [2.24, 2.45) is 11.8 Å². The number of aromatic nitrogens is 1. The zero-order valence-electron chi connectivity index (χ0n) is 12.2. The molecule has 1 aliphatic carbocycles. The predicted molar refractivity (Wildman–Crippen MR) is 85.5 cm³/mol. The summed E-state index contributed by atoms with van der Waals surface area (Å²) in [6.07, 6.45) is 8.53. The van der Waals surface area contributed by atoms with Crippen LogP contribution in [0.25, 0.3) is 0 Å². The molecule has 2 nitrogen and oxygen atoms in total. The van der Waals surface area contributed by atoms with Crippen LogP contribution in [0.15, 0.2) is 16.7 Å². The maximum atomic E-state index is 4.29. The van der Waals surface area contributed by atoms with E-state index >= 15 is 0 Å². The molecule has 0 aliphatic heterocycles. The minimum atomic E-state index is 0.624. The number of nitrogens with one attached hydrogen (secondary N) is 1. The van der Waals surface area contributed by atoms with E-state index in [-0.39, 0.29) is 0 Å². The van der Waals surface area contributed by atoms with Crippen LogP contribution in [0.3, 0.4) is 0 Å². The zero-order chi connectivity index (χ0) is 13.8. The van der Waals surface area contributed by atoms with Gasteiger partial charge in [-0.1, -0.05) is 20.3 Å². The van der Waals surface area contributed by atoms with Gasteiger partial charge in [0.2, 0.25) is 0 Å². The number of aryl methyl sites for hydroxylation is 1. The van der Waals surface area contributed by atoms with Crippen molar-refractivity contribution in [3.8, 4) is 0 Å². The van der Waals surface area contributed by atoms with E-state index in [1.54, 1.807) is 0 Å². The summed E-state index contributed by atoms with van der Waals surface area (Å²) in [7, 11) is 0. The molecule has 2 rings (SSSR count). The van der Waals surface area contributed by atoms with Gasteiger partial charge in [-0.15, -0.1) is 0 Å². The van der Waals surface area contributed by atoms with E-state index in [2.05, 4.69) is 46.1 Å². The summed E-state index contributed by atoms with van der Waals surface area (Å²) in [5.74, 6) is 1.82. The summed E-state index contributed by atoms with van der Waals surface area (Å²) in [5.41, 5.74) is 2.25. The summed E-state index contributed by atoms with van der Waals surface area (Å²) < 4.78 is 1.11. The average Bonchev–Trinajstić information content (AvgIpc) is 2.44. The van der Waals surface area contributed by atoms with Crippen LogP contribution in [0, 0.1) is 18.8 Å². The van der Waals surface area contributed by atoms with Crippen molar-refractivity contribution in [1.29, 1.82) is 0 Å². The molecule has 0 aromatic carbocycles. The first-order valence-corrected chi connectivity index (χ1v) is 8.28. The molecule has 1 fully saturated rings. The van der Waals surface area contributed by atoms with Gasteiger partial charge >= 0.3 is 0 Å². The Bertz CT molecular complexity index is 411. The summed E-state index contributed by atoms with van der Waals surface area (Å²) >= 11 is 3.63. The first-order chi connectivity index (χ1) is 9.11. The molecule has 0 bridgehead atoms. The number of hydrogen-bond acceptors (Lipinski definition) is 2. The summed E-state index contributed by atoms with van der Waals surface area (Å²) in [6, 6.07) is 2.69. The molecule has 1 N–H and O–H groups in total. The van der Waals surface area contributed by atoms with E-state index in [0.29, 0.717) is 6.04 Å². The third kappa shape index (κ3) is 3.71. The maximum absolute atomic E-state index is 4.29. The highest BCUT2D eigenvalue weighted by molar-refractivity contribution is 9.10. The van der Waals surface area contributed by atoms with Crippen LogP contribution in [0.4, 0.5) is 5.69 Å². The maximum Gasteiger partial charge on any atom is 0.0619 e. The van der Waals surface area contributed by atoms with E-state index in [0.717, 1.165) is 22.0 Å². The molecular formula is C16H25BrN2. The van der Waals surface area contributed by atoms with Crippen molar-refractivity contribution >= 4 is 21.6 Å². The Morgan fingerprint density at radius 3 is 2.68 bits per heavy atom. The van der Waals surface area contributed by atoms with Crippen molar-refractivity contribution in [2.45, 2.75) is 58.9 Å². The van der Waals surface area contributed by atoms with Gasteiger partial charge in [0.05, 0.1) is 15.9 Å². The molecule has 1 atom stereocenters. The molecule has 106 valence electrons. The van der Waals surface area contributed by atoms with Gasteiger partial charge in [-0.3, -0.25) is 4.98 Å². The average molecular weight is 325 g/mol. The van der Waals surface area contributed by atoms with E-state index < -0.39 is 0 Å². The minimum Gasteiger partial charge on any atom is -0.381 e. The van der Waals surface area contributed by atoms with Crippen LogP contribution in [0.1, 0.15) is 51.6 Å². The van der Waals surface area contributed by atoms with Gasteiger partial charge in [0.1, 0.15) is 0 Å². The van der Waals surface area contributed by atoms with Crippen LogP contribution in [-0.4, -0.2) is 11.0 Å². The van der Waals surface area contributed by atoms with Crippen LogP contribution in [0.5, 0.6) is 0 Å². The van der Waals surface area contributed by atoms with E-state index in [1.807, 2.05) is 13.1 Å². The number of hydrogen-bond donors (Lipinski definition) is 1. The lowest BCUT2D eigenvalue weighted by atomic mass is 9.78. The Labute approximate surface area is 125 Å². The lowest BCUT2D eigenvalue weighted by Crippen LogP contribution is -2.28. The van der Waals surface area contributed by atoms with Crippen LogP contribution < -0.4 is 5.32 Å². The normalized spacial score (nSPS) is 25.1. The van der Waals surface area contributed by atoms with Crippen molar-refractivity contribution in [3.63, 3.8) is 0 Å². The lowest BCUT2D eigenvalue weighted by Gasteiger charge is -2.33. The fourth-order valence-corrected chi connectivity index (χ4v) is 3.39. The Morgan fingerprint density at radius 1 is 1.37 bits per heavy atom. The molecule has 1 heterocycles.